The SMILES string of the molecule is CN=C(NCc1nc2ccccc2n1C)NCC(C)(C)N1CCOCC1.I. The summed E-state index contributed by atoms with van der Waals surface area (Å²) >= 11 is 0. The molecule has 0 amide bonds. The zero-order chi connectivity index (χ0) is 18.6. The number of aliphatic imine (C=N–C) groups is 1. The first kappa shape index (κ1) is 21.9. The third-order valence-electron chi connectivity index (χ3n) is 5.07. The van der Waals surface area contributed by atoms with Crippen LogP contribution in [0.5, 0.6) is 0 Å². The van der Waals surface area contributed by atoms with E-state index in [1.165, 1.54) is 0 Å². The monoisotopic (exact) mass is 486 g/mol. The zero-order valence-corrected chi connectivity index (χ0v) is 19.0. The molecule has 7 nitrogen and oxygen atoms in total. The first-order valence-electron chi connectivity index (χ1n) is 9.19. The molecule has 0 atom stereocenters. The Bertz CT molecular complexity index is 767. The number of hydrogen-bond donors (Lipinski definition) is 2. The van der Waals surface area contributed by atoms with Crippen LogP contribution in [-0.4, -0.2) is 65.8 Å². The van der Waals surface area contributed by atoms with Gasteiger partial charge in [0.2, 0.25) is 0 Å². The highest BCUT2D eigenvalue weighted by Crippen LogP contribution is 2.15. The summed E-state index contributed by atoms with van der Waals surface area (Å²) < 4.78 is 7.58. The Morgan fingerprint density at radius 3 is 2.59 bits per heavy atom. The maximum absolute atomic E-state index is 5.46. The highest BCUT2D eigenvalue weighted by atomic mass is 127. The van der Waals surface area contributed by atoms with Gasteiger partial charge in [0.25, 0.3) is 0 Å². The molecule has 0 spiro atoms. The Kier molecular flexibility index (Phi) is 7.87. The van der Waals surface area contributed by atoms with Gasteiger partial charge in [-0.3, -0.25) is 9.89 Å². The van der Waals surface area contributed by atoms with Crippen molar-refractivity contribution in [3.63, 3.8) is 0 Å². The minimum Gasteiger partial charge on any atom is -0.379 e. The second-order valence-electron chi connectivity index (χ2n) is 7.27. The van der Waals surface area contributed by atoms with E-state index >= 15 is 0 Å². The summed E-state index contributed by atoms with van der Waals surface area (Å²) in [6, 6.07) is 8.18. The largest absolute Gasteiger partial charge is 0.379 e. The number of benzene rings is 1. The third-order valence-corrected chi connectivity index (χ3v) is 5.07. The number of morpholine rings is 1. The van der Waals surface area contributed by atoms with Gasteiger partial charge in [-0.25, -0.2) is 4.98 Å². The lowest BCUT2D eigenvalue weighted by atomic mass is 10.0. The van der Waals surface area contributed by atoms with Crippen LogP contribution in [0.2, 0.25) is 0 Å². The normalized spacial score (nSPS) is 16.2. The van der Waals surface area contributed by atoms with E-state index in [4.69, 9.17) is 9.72 Å². The van der Waals surface area contributed by atoms with Crippen molar-refractivity contribution in [1.82, 2.24) is 25.1 Å². The fourth-order valence-electron chi connectivity index (χ4n) is 3.32. The van der Waals surface area contributed by atoms with Crippen LogP contribution >= 0.6 is 24.0 Å². The van der Waals surface area contributed by atoms with E-state index in [1.807, 2.05) is 25.2 Å². The number of halogens is 1. The highest BCUT2D eigenvalue weighted by Gasteiger charge is 2.28. The van der Waals surface area contributed by atoms with Gasteiger partial charge in [0.05, 0.1) is 30.8 Å². The molecule has 3 rings (SSSR count). The molecule has 0 unspecified atom stereocenters. The molecule has 1 aliphatic heterocycles. The minimum absolute atomic E-state index is 0. The fraction of sp³-hybridized carbons (Fsp3) is 0.579. The zero-order valence-electron chi connectivity index (χ0n) is 16.7. The number of ether oxygens (including phenoxy) is 1. The molecule has 1 aromatic heterocycles. The van der Waals surface area contributed by atoms with Crippen molar-refractivity contribution in [2.45, 2.75) is 25.9 Å². The van der Waals surface area contributed by atoms with Crippen LogP contribution < -0.4 is 10.6 Å². The average molecular weight is 486 g/mol. The van der Waals surface area contributed by atoms with Gasteiger partial charge in [0, 0.05) is 39.3 Å². The molecule has 1 aromatic carbocycles. The van der Waals surface area contributed by atoms with Crippen molar-refractivity contribution in [2.24, 2.45) is 12.0 Å². The summed E-state index contributed by atoms with van der Waals surface area (Å²) in [5.41, 5.74) is 2.20. The van der Waals surface area contributed by atoms with E-state index in [1.54, 1.807) is 7.05 Å². The van der Waals surface area contributed by atoms with Gasteiger partial charge in [-0.05, 0) is 26.0 Å². The van der Waals surface area contributed by atoms with Gasteiger partial charge in [0.1, 0.15) is 5.82 Å². The minimum atomic E-state index is 0. The van der Waals surface area contributed by atoms with E-state index in [0.29, 0.717) is 6.54 Å². The van der Waals surface area contributed by atoms with Crippen LogP contribution in [0.1, 0.15) is 19.7 Å². The third kappa shape index (κ3) is 5.32. The Hall–Kier alpha value is -1.39. The van der Waals surface area contributed by atoms with Crippen molar-refractivity contribution >= 4 is 41.0 Å². The molecular weight excluding hydrogens is 455 g/mol. The molecule has 2 N–H and O–H groups in total. The lowest BCUT2D eigenvalue weighted by Gasteiger charge is -2.41. The molecule has 0 aliphatic carbocycles. The predicted octanol–water partition coefficient (Wildman–Crippen LogP) is 1.97. The molecule has 2 aromatic rings. The fourth-order valence-corrected chi connectivity index (χ4v) is 3.32. The van der Waals surface area contributed by atoms with E-state index in [2.05, 4.69) is 45.0 Å². The van der Waals surface area contributed by atoms with Crippen LogP contribution in [-0.2, 0) is 18.3 Å². The molecule has 0 saturated carbocycles. The first-order valence-corrected chi connectivity index (χ1v) is 9.19. The second-order valence-corrected chi connectivity index (χ2v) is 7.27. The number of imidazole rings is 1. The standard InChI is InChI=1S/C19H30N6O.HI/c1-19(2,25-9-11-26-12-10-25)14-22-18(20-3)21-13-17-23-15-7-5-6-8-16(15)24(17)4;/h5-8H,9-14H2,1-4H3,(H2,20,21,22);1H. The maximum Gasteiger partial charge on any atom is 0.191 e. The highest BCUT2D eigenvalue weighted by molar-refractivity contribution is 14.0. The van der Waals surface area contributed by atoms with E-state index < -0.39 is 0 Å². The van der Waals surface area contributed by atoms with Crippen molar-refractivity contribution in [2.75, 3.05) is 39.9 Å². The quantitative estimate of drug-likeness (QED) is 0.385. The molecule has 1 saturated heterocycles. The van der Waals surface area contributed by atoms with Crippen molar-refractivity contribution in [3.8, 4) is 0 Å². The number of hydrogen-bond acceptors (Lipinski definition) is 4. The molecule has 27 heavy (non-hydrogen) atoms. The van der Waals surface area contributed by atoms with Gasteiger partial charge >= 0.3 is 0 Å². The Labute approximate surface area is 178 Å². The van der Waals surface area contributed by atoms with Gasteiger partial charge in [-0.1, -0.05) is 12.1 Å². The Morgan fingerprint density at radius 2 is 1.93 bits per heavy atom. The summed E-state index contributed by atoms with van der Waals surface area (Å²) in [4.78, 5) is 11.5. The molecule has 2 heterocycles. The summed E-state index contributed by atoms with van der Waals surface area (Å²) in [5, 5.41) is 6.83. The summed E-state index contributed by atoms with van der Waals surface area (Å²) in [7, 11) is 3.84. The Morgan fingerprint density at radius 1 is 1.22 bits per heavy atom. The molecule has 1 fully saturated rings. The lowest BCUT2D eigenvalue weighted by molar-refractivity contribution is -0.00834. The summed E-state index contributed by atoms with van der Waals surface area (Å²) in [6.45, 7) is 9.51. The molecule has 8 heteroatoms. The van der Waals surface area contributed by atoms with Gasteiger partial charge in [0.15, 0.2) is 5.96 Å². The molecular formula is C19H31IN6O. The van der Waals surface area contributed by atoms with Crippen LogP contribution in [0, 0.1) is 0 Å². The summed E-state index contributed by atoms with van der Waals surface area (Å²) in [6.07, 6.45) is 0. The molecule has 0 bridgehead atoms. The number of para-hydroxylation sites is 2. The van der Waals surface area contributed by atoms with E-state index in [0.717, 1.165) is 55.7 Å². The van der Waals surface area contributed by atoms with Crippen molar-refractivity contribution < 1.29 is 4.74 Å². The van der Waals surface area contributed by atoms with E-state index in [9.17, 15) is 0 Å². The van der Waals surface area contributed by atoms with Gasteiger partial charge < -0.3 is 19.9 Å². The van der Waals surface area contributed by atoms with Crippen LogP contribution in [0.15, 0.2) is 29.3 Å². The van der Waals surface area contributed by atoms with Crippen LogP contribution in [0.25, 0.3) is 11.0 Å². The number of guanidine groups is 1. The van der Waals surface area contributed by atoms with Gasteiger partial charge in [-0.2, -0.15) is 0 Å². The topological polar surface area (TPSA) is 66.7 Å². The lowest BCUT2D eigenvalue weighted by Crippen LogP contribution is -2.56. The van der Waals surface area contributed by atoms with Crippen molar-refractivity contribution in [3.05, 3.63) is 30.1 Å². The molecule has 150 valence electrons. The number of rotatable bonds is 5. The van der Waals surface area contributed by atoms with Crippen molar-refractivity contribution in [1.29, 1.82) is 0 Å². The number of fused-ring (bicyclic) bond motifs is 1. The summed E-state index contributed by atoms with van der Waals surface area (Å²) in [5.74, 6) is 1.78. The smallest absolute Gasteiger partial charge is 0.191 e. The van der Waals surface area contributed by atoms with E-state index in [-0.39, 0.29) is 29.5 Å². The van der Waals surface area contributed by atoms with Gasteiger partial charge in [-0.15, -0.1) is 24.0 Å². The first-order chi connectivity index (χ1) is 12.5. The predicted molar refractivity (Wildman–Crippen MR) is 121 cm³/mol. The Balaban J connectivity index is 0.00000261. The molecule has 0 radical (unpaired) electrons. The number of aryl methyl sites for hydroxylation is 1. The number of nitrogens with one attached hydrogen (secondary N) is 2. The maximum atomic E-state index is 5.46. The van der Waals surface area contributed by atoms with Crippen LogP contribution in [0.3, 0.4) is 0 Å². The van der Waals surface area contributed by atoms with Crippen LogP contribution in [0.4, 0.5) is 0 Å². The molecule has 1 aliphatic rings. The number of aromatic nitrogens is 2. The average Bonchev–Trinajstić information content (AvgIpc) is 2.99. The second kappa shape index (κ2) is 9.70. The number of nitrogens with zero attached hydrogens (tertiary/aromatic N) is 4.